The molecule has 1 unspecified atom stereocenters. The van der Waals surface area contributed by atoms with Crippen LogP contribution in [0.3, 0.4) is 0 Å². The van der Waals surface area contributed by atoms with Crippen molar-refractivity contribution >= 4 is 17.5 Å². The quantitative estimate of drug-likeness (QED) is 0.792. The third kappa shape index (κ3) is 3.71. The molecule has 1 heterocycles. The smallest absolute Gasteiger partial charge is 0.245 e. The van der Waals surface area contributed by atoms with Gasteiger partial charge in [0.05, 0.1) is 0 Å². The van der Waals surface area contributed by atoms with Crippen LogP contribution in [0.25, 0.3) is 0 Å². The summed E-state index contributed by atoms with van der Waals surface area (Å²) in [5.74, 6) is 0.0315. The summed E-state index contributed by atoms with van der Waals surface area (Å²) in [4.78, 5) is 16.6. The Bertz CT molecular complexity index is 402. The molecule has 104 valence electrons. The molecule has 4 heteroatoms. The lowest BCUT2D eigenvalue weighted by Crippen LogP contribution is -2.49. The van der Waals surface area contributed by atoms with Gasteiger partial charge in [-0.2, -0.15) is 0 Å². The van der Waals surface area contributed by atoms with Crippen LogP contribution in [0.1, 0.15) is 24.3 Å². The van der Waals surface area contributed by atoms with E-state index in [9.17, 15) is 4.79 Å². The Hall–Kier alpha value is -1.06. The van der Waals surface area contributed by atoms with E-state index in [1.165, 1.54) is 0 Å². The van der Waals surface area contributed by atoms with E-state index in [4.69, 9.17) is 11.6 Å². The number of nitrogens with zero attached hydrogens (tertiary/aromatic N) is 2. The number of benzene rings is 1. The van der Waals surface area contributed by atoms with E-state index in [2.05, 4.69) is 11.8 Å². The van der Waals surface area contributed by atoms with Gasteiger partial charge in [0.2, 0.25) is 5.91 Å². The second-order valence-electron chi connectivity index (χ2n) is 4.94. The maximum Gasteiger partial charge on any atom is 0.245 e. The maximum absolute atomic E-state index is 12.3. The predicted molar refractivity (Wildman–Crippen MR) is 78.3 cm³/mol. The van der Waals surface area contributed by atoms with Crippen molar-refractivity contribution in [2.75, 3.05) is 32.7 Å². The molecule has 1 amide bonds. The molecule has 1 aromatic rings. The summed E-state index contributed by atoms with van der Waals surface area (Å²) in [6.07, 6.45) is 1.16. The molecule has 1 fully saturated rings. The van der Waals surface area contributed by atoms with Crippen LogP contribution in [-0.2, 0) is 4.79 Å². The van der Waals surface area contributed by atoms with Crippen LogP contribution in [0.5, 0.6) is 0 Å². The lowest BCUT2D eigenvalue weighted by molar-refractivity contribution is -0.132. The van der Waals surface area contributed by atoms with Crippen molar-refractivity contribution in [3.63, 3.8) is 0 Å². The van der Waals surface area contributed by atoms with Crippen molar-refractivity contribution in [3.05, 3.63) is 35.9 Å². The highest BCUT2D eigenvalue weighted by atomic mass is 35.5. The Kier molecular flexibility index (Phi) is 5.23. The van der Waals surface area contributed by atoms with Gasteiger partial charge in [0.15, 0.2) is 0 Å². The van der Waals surface area contributed by atoms with Crippen LogP contribution in [0.4, 0.5) is 0 Å². The molecule has 19 heavy (non-hydrogen) atoms. The third-order valence-corrected chi connectivity index (χ3v) is 3.97. The van der Waals surface area contributed by atoms with Crippen LogP contribution in [0.15, 0.2) is 30.3 Å². The fraction of sp³-hybridized carbons (Fsp3) is 0.533. The minimum Gasteiger partial charge on any atom is -0.339 e. The molecule has 1 aliphatic rings. The Labute approximate surface area is 120 Å². The molecule has 0 radical (unpaired) electrons. The standard InChI is InChI=1S/C15H21ClN2O/c1-2-8-17-9-11-18(12-10-17)15(19)14(16)13-6-4-3-5-7-13/h3-7,14H,2,8-12H2,1H3. The minimum absolute atomic E-state index is 0.0315. The molecular weight excluding hydrogens is 260 g/mol. The van der Waals surface area contributed by atoms with Gasteiger partial charge in [0.1, 0.15) is 5.38 Å². The van der Waals surface area contributed by atoms with Crippen LogP contribution >= 0.6 is 11.6 Å². The maximum atomic E-state index is 12.3. The SMILES string of the molecule is CCCN1CCN(C(=O)C(Cl)c2ccccc2)CC1. The molecular formula is C15H21ClN2O. The van der Waals surface area contributed by atoms with Gasteiger partial charge in [0.25, 0.3) is 0 Å². The van der Waals surface area contributed by atoms with Crippen molar-refractivity contribution in [2.24, 2.45) is 0 Å². The molecule has 0 bridgehead atoms. The van der Waals surface area contributed by atoms with E-state index < -0.39 is 5.38 Å². The predicted octanol–water partition coefficient (Wildman–Crippen LogP) is 2.52. The monoisotopic (exact) mass is 280 g/mol. The van der Waals surface area contributed by atoms with Crippen molar-refractivity contribution < 1.29 is 4.79 Å². The largest absolute Gasteiger partial charge is 0.339 e. The summed E-state index contributed by atoms with van der Waals surface area (Å²) < 4.78 is 0. The number of hydrogen-bond donors (Lipinski definition) is 0. The second-order valence-corrected chi connectivity index (χ2v) is 5.38. The molecule has 0 spiro atoms. The van der Waals surface area contributed by atoms with Crippen LogP contribution in [0, 0.1) is 0 Å². The van der Waals surface area contributed by atoms with Crippen molar-refractivity contribution in [1.29, 1.82) is 0 Å². The molecule has 2 rings (SSSR count). The highest BCUT2D eigenvalue weighted by Crippen LogP contribution is 2.23. The fourth-order valence-electron chi connectivity index (χ4n) is 2.43. The molecule has 0 N–H and O–H groups in total. The summed E-state index contributed by atoms with van der Waals surface area (Å²) >= 11 is 6.28. The van der Waals surface area contributed by atoms with E-state index in [0.717, 1.165) is 44.7 Å². The average molecular weight is 281 g/mol. The zero-order valence-electron chi connectivity index (χ0n) is 11.4. The topological polar surface area (TPSA) is 23.6 Å². The molecule has 1 saturated heterocycles. The Balaban J connectivity index is 1.91. The number of piperazine rings is 1. The highest BCUT2D eigenvalue weighted by molar-refractivity contribution is 6.30. The molecule has 1 aromatic carbocycles. The number of carbonyl (C=O) groups excluding carboxylic acids is 1. The fourth-order valence-corrected chi connectivity index (χ4v) is 2.72. The molecule has 3 nitrogen and oxygen atoms in total. The van der Waals surface area contributed by atoms with Crippen LogP contribution in [0.2, 0.25) is 0 Å². The van der Waals surface area contributed by atoms with Gasteiger partial charge in [-0.3, -0.25) is 9.69 Å². The van der Waals surface area contributed by atoms with E-state index in [0.29, 0.717) is 0 Å². The molecule has 0 saturated carbocycles. The first-order valence-corrected chi connectivity index (χ1v) is 7.36. The molecule has 0 aliphatic carbocycles. The number of amides is 1. The highest BCUT2D eigenvalue weighted by Gasteiger charge is 2.26. The molecule has 1 atom stereocenters. The number of alkyl halides is 1. The summed E-state index contributed by atoms with van der Waals surface area (Å²) in [5.41, 5.74) is 0.880. The summed E-state index contributed by atoms with van der Waals surface area (Å²) in [5, 5.41) is -0.557. The van der Waals surface area contributed by atoms with Gasteiger partial charge in [-0.15, -0.1) is 11.6 Å². The van der Waals surface area contributed by atoms with Gasteiger partial charge in [0, 0.05) is 26.2 Å². The Morgan fingerprint density at radius 1 is 1.21 bits per heavy atom. The van der Waals surface area contributed by atoms with Crippen LogP contribution < -0.4 is 0 Å². The van der Waals surface area contributed by atoms with E-state index in [1.54, 1.807) is 0 Å². The first-order chi connectivity index (χ1) is 9.22. The third-order valence-electron chi connectivity index (χ3n) is 3.53. The van der Waals surface area contributed by atoms with Gasteiger partial charge >= 0.3 is 0 Å². The van der Waals surface area contributed by atoms with Crippen molar-refractivity contribution in [1.82, 2.24) is 9.80 Å². The first-order valence-electron chi connectivity index (χ1n) is 6.92. The van der Waals surface area contributed by atoms with Crippen molar-refractivity contribution in [3.8, 4) is 0 Å². The molecule has 1 aliphatic heterocycles. The zero-order chi connectivity index (χ0) is 13.7. The average Bonchev–Trinajstić information content (AvgIpc) is 2.48. The summed E-state index contributed by atoms with van der Waals surface area (Å²) in [6.45, 7) is 6.78. The summed E-state index contributed by atoms with van der Waals surface area (Å²) in [7, 11) is 0. The van der Waals surface area contributed by atoms with E-state index in [1.807, 2.05) is 35.2 Å². The van der Waals surface area contributed by atoms with Crippen LogP contribution in [-0.4, -0.2) is 48.4 Å². The van der Waals surface area contributed by atoms with E-state index >= 15 is 0 Å². The van der Waals surface area contributed by atoms with Gasteiger partial charge < -0.3 is 4.90 Å². The lowest BCUT2D eigenvalue weighted by Gasteiger charge is -2.35. The minimum atomic E-state index is -0.557. The number of rotatable bonds is 4. The van der Waals surface area contributed by atoms with E-state index in [-0.39, 0.29) is 5.91 Å². The zero-order valence-corrected chi connectivity index (χ0v) is 12.1. The lowest BCUT2D eigenvalue weighted by atomic mass is 10.1. The Morgan fingerprint density at radius 2 is 1.84 bits per heavy atom. The number of hydrogen-bond acceptors (Lipinski definition) is 2. The second kappa shape index (κ2) is 6.92. The molecule has 0 aromatic heterocycles. The summed E-state index contributed by atoms with van der Waals surface area (Å²) in [6, 6.07) is 9.57. The number of carbonyl (C=O) groups is 1. The van der Waals surface area contributed by atoms with Gasteiger partial charge in [-0.05, 0) is 18.5 Å². The number of halogens is 1. The Morgan fingerprint density at radius 3 is 2.42 bits per heavy atom. The van der Waals surface area contributed by atoms with Gasteiger partial charge in [-0.25, -0.2) is 0 Å². The first kappa shape index (κ1) is 14.4. The normalized spacial score (nSPS) is 18.3. The van der Waals surface area contributed by atoms with Gasteiger partial charge in [-0.1, -0.05) is 37.3 Å². The van der Waals surface area contributed by atoms with Crippen molar-refractivity contribution in [2.45, 2.75) is 18.7 Å².